The third-order valence-corrected chi connectivity index (χ3v) is 4.16. The van der Waals surface area contributed by atoms with Crippen molar-refractivity contribution in [3.63, 3.8) is 0 Å². The molecule has 0 atom stereocenters. The molecule has 118 valence electrons. The van der Waals surface area contributed by atoms with Gasteiger partial charge in [0, 0.05) is 19.3 Å². The van der Waals surface area contributed by atoms with E-state index in [9.17, 15) is 9.59 Å². The fourth-order valence-electron chi connectivity index (χ4n) is 2.87. The second-order valence-corrected chi connectivity index (χ2v) is 5.85. The fourth-order valence-corrected chi connectivity index (χ4v) is 2.87. The zero-order valence-corrected chi connectivity index (χ0v) is 13.2. The number of nitrogens with one attached hydrogen (secondary N) is 1. The Labute approximate surface area is 136 Å². The van der Waals surface area contributed by atoms with Crippen LogP contribution in [-0.2, 0) is 28.9 Å². The Hall–Kier alpha value is -2.62. The highest BCUT2D eigenvalue weighted by molar-refractivity contribution is 6.00. The first-order valence-corrected chi connectivity index (χ1v) is 7.82. The zero-order valence-electron chi connectivity index (χ0n) is 13.2. The van der Waals surface area contributed by atoms with E-state index in [-0.39, 0.29) is 11.8 Å². The number of carbonyl (C=O) groups is 2. The summed E-state index contributed by atoms with van der Waals surface area (Å²) in [6.45, 7) is 0.605. The number of anilines is 1. The van der Waals surface area contributed by atoms with Gasteiger partial charge in [-0.1, -0.05) is 42.5 Å². The summed E-state index contributed by atoms with van der Waals surface area (Å²) in [5.41, 5.74) is 4.23. The molecule has 2 aromatic carbocycles. The number of hydrogen-bond donors (Lipinski definition) is 1. The summed E-state index contributed by atoms with van der Waals surface area (Å²) in [6.07, 6.45) is 1.65. The molecule has 0 radical (unpaired) electrons. The fraction of sp³-hybridized carbons (Fsp3) is 0.263. The van der Waals surface area contributed by atoms with Crippen molar-refractivity contribution in [3.8, 4) is 0 Å². The van der Waals surface area contributed by atoms with Crippen LogP contribution >= 0.6 is 0 Å². The lowest BCUT2D eigenvalue weighted by atomic mass is 10.1. The normalized spacial score (nSPS) is 13.1. The van der Waals surface area contributed by atoms with Gasteiger partial charge in [-0.3, -0.25) is 9.59 Å². The first kappa shape index (κ1) is 15.3. The van der Waals surface area contributed by atoms with E-state index in [0.717, 1.165) is 28.8 Å². The van der Waals surface area contributed by atoms with Crippen LogP contribution in [0.15, 0.2) is 48.5 Å². The smallest absolute Gasteiger partial charge is 0.231 e. The lowest BCUT2D eigenvalue weighted by Crippen LogP contribution is -2.27. The molecule has 1 aliphatic rings. The van der Waals surface area contributed by atoms with Crippen molar-refractivity contribution in [2.45, 2.75) is 19.3 Å². The van der Waals surface area contributed by atoms with E-state index in [1.807, 2.05) is 42.5 Å². The van der Waals surface area contributed by atoms with Crippen LogP contribution in [-0.4, -0.2) is 25.4 Å². The van der Waals surface area contributed by atoms with E-state index in [1.54, 1.807) is 11.9 Å². The molecule has 0 unspecified atom stereocenters. The van der Waals surface area contributed by atoms with Crippen molar-refractivity contribution in [2.75, 3.05) is 18.5 Å². The van der Waals surface area contributed by atoms with Gasteiger partial charge in [0.2, 0.25) is 11.8 Å². The van der Waals surface area contributed by atoms with Gasteiger partial charge in [-0.25, -0.2) is 0 Å². The number of likely N-dealkylation sites (N-methyl/N-ethyl adjacent to an activating group) is 1. The molecule has 2 aromatic rings. The van der Waals surface area contributed by atoms with Crippen LogP contribution < -0.4 is 10.2 Å². The minimum atomic E-state index is 0.0345. The second-order valence-electron chi connectivity index (χ2n) is 5.85. The summed E-state index contributed by atoms with van der Waals surface area (Å²) in [5.74, 6) is 0.167. The van der Waals surface area contributed by atoms with Crippen molar-refractivity contribution in [3.05, 3.63) is 65.2 Å². The number of fused-ring (bicyclic) bond motifs is 1. The van der Waals surface area contributed by atoms with Crippen LogP contribution in [0.25, 0.3) is 0 Å². The molecule has 3 rings (SSSR count). The van der Waals surface area contributed by atoms with Crippen molar-refractivity contribution < 1.29 is 9.59 Å². The Bertz CT molecular complexity index is 725. The molecular formula is C19H20N2O2. The van der Waals surface area contributed by atoms with Gasteiger partial charge in [-0.15, -0.1) is 0 Å². The van der Waals surface area contributed by atoms with E-state index < -0.39 is 0 Å². The number of carbonyl (C=O) groups excluding carboxylic acids is 2. The minimum Gasteiger partial charge on any atom is -0.355 e. The van der Waals surface area contributed by atoms with Gasteiger partial charge in [-0.05, 0) is 29.2 Å². The van der Waals surface area contributed by atoms with Gasteiger partial charge in [0.1, 0.15) is 0 Å². The van der Waals surface area contributed by atoms with Gasteiger partial charge in [-0.2, -0.15) is 0 Å². The topological polar surface area (TPSA) is 49.4 Å². The summed E-state index contributed by atoms with van der Waals surface area (Å²) in [5, 5.41) is 2.95. The third-order valence-electron chi connectivity index (χ3n) is 4.16. The molecule has 0 saturated heterocycles. The molecule has 23 heavy (non-hydrogen) atoms. The average Bonchev–Trinajstić information content (AvgIpc) is 2.82. The maximum atomic E-state index is 11.9. The molecule has 0 aliphatic carbocycles. The molecule has 0 spiro atoms. The Morgan fingerprint density at radius 3 is 2.70 bits per heavy atom. The quantitative estimate of drug-likeness (QED) is 0.919. The van der Waals surface area contributed by atoms with Gasteiger partial charge in [0.05, 0.1) is 12.8 Å². The number of benzene rings is 2. The molecule has 4 heteroatoms. The lowest BCUT2D eigenvalue weighted by molar-refractivity contribution is -0.120. The van der Waals surface area contributed by atoms with Gasteiger partial charge >= 0.3 is 0 Å². The molecular weight excluding hydrogens is 288 g/mol. The summed E-state index contributed by atoms with van der Waals surface area (Å²) < 4.78 is 0. The van der Waals surface area contributed by atoms with E-state index in [1.165, 1.54) is 0 Å². The maximum Gasteiger partial charge on any atom is 0.231 e. The SMILES string of the molecule is CN1C(=O)Cc2cc(CCNC(=O)Cc3ccccc3)ccc21. The summed E-state index contributed by atoms with van der Waals surface area (Å²) in [4.78, 5) is 25.3. The van der Waals surface area contributed by atoms with Crippen LogP contribution in [0.4, 0.5) is 5.69 Å². The van der Waals surface area contributed by atoms with Crippen LogP contribution in [0.5, 0.6) is 0 Å². The standard InChI is InChI=1S/C19H20N2O2/c1-21-17-8-7-15(11-16(17)13-19(21)23)9-10-20-18(22)12-14-5-3-2-4-6-14/h2-8,11H,9-10,12-13H2,1H3,(H,20,22). The Kier molecular flexibility index (Phi) is 4.42. The molecule has 0 aromatic heterocycles. The first-order chi connectivity index (χ1) is 11.1. The highest BCUT2D eigenvalue weighted by atomic mass is 16.2. The van der Waals surface area contributed by atoms with Crippen molar-refractivity contribution in [2.24, 2.45) is 0 Å². The molecule has 0 saturated carbocycles. The number of nitrogens with zero attached hydrogens (tertiary/aromatic N) is 1. The number of amides is 2. The monoisotopic (exact) mass is 308 g/mol. The van der Waals surface area contributed by atoms with E-state index >= 15 is 0 Å². The van der Waals surface area contributed by atoms with Gasteiger partial charge in [0.25, 0.3) is 0 Å². The van der Waals surface area contributed by atoms with Crippen LogP contribution in [0.3, 0.4) is 0 Å². The van der Waals surface area contributed by atoms with E-state index in [2.05, 4.69) is 11.4 Å². The van der Waals surface area contributed by atoms with Gasteiger partial charge in [0.15, 0.2) is 0 Å². The highest BCUT2D eigenvalue weighted by Gasteiger charge is 2.23. The Morgan fingerprint density at radius 1 is 1.13 bits per heavy atom. The molecule has 0 fully saturated rings. The zero-order chi connectivity index (χ0) is 16.2. The van der Waals surface area contributed by atoms with E-state index in [4.69, 9.17) is 0 Å². The minimum absolute atomic E-state index is 0.0345. The number of hydrogen-bond acceptors (Lipinski definition) is 2. The predicted molar refractivity (Wildman–Crippen MR) is 90.4 cm³/mol. The average molecular weight is 308 g/mol. The third kappa shape index (κ3) is 3.59. The van der Waals surface area contributed by atoms with Crippen molar-refractivity contribution in [1.29, 1.82) is 0 Å². The van der Waals surface area contributed by atoms with Crippen LogP contribution in [0.1, 0.15) is 16.7 Å². The summed E-state index contributed by atoms with van der Waals surface area (Å²) in [6, 6.07) is 15.8. The molecule has 1 aliphatic heterocycles. The molecule has 1 N–H and O–H groups in total. The first-order valence-electron chi connectivity index (χ1n) is 7.82. The largest absolute Gasteiger partial charge is 0.355 e. The molecule has 0 bridgehead atoms. The Balaban J connectivity index is 1.51. The van der Waals surface area contributed by atoms with Crippen molar-refractivity contribution in [1.82, 2.24) is 5.32 Å². The number of rotatable bonds is 5. The summed E-state index contributed by atoms with van der Waals surface area (Å²) >= 11 is 0. The molecule has 2 amide bonds. The second kappa shape index (κ2) is 6.65. The van der Waals surface area contributed by atoms with Crippen LogP contribution in [0, 0.1) is 0 Å². The predicted octanol–water partition coefficient (Wildman–Crippen LogP) is 2.11. The van der Waals surface area contributed by atoms with E-state index in [0.29, 0.717) is 19.4 Å². The molecule has 1 heterocycles. The van der Waals surface area contributed by atoms with Crippen molar-refractivity contribution >= 4 is 17.5 Å². The highest BCUT2D eigenvalue weighted by Crippen LogP contribution is 2.28. The molecule has 4 nitrogen and oxygen atoms in total. The summed E-state index contributed by atoms with van der Waals surface area (Å²) in [7, 11) is 1.80. The Morgan fingerprint density at radius 2 is 1.91 bits per heavy atom. The maximum absolute atomic E-state index is 11.9. The lowest BCUT2D eigenvalue weighted by Gasteiger charge is -2.11. The van der Waals surface area contributed by atoms with Gasteiger partial charge < -0.3 is 10.2 Å². The van der Waals surface area contributed by atoms with Crippen LogP contribution in [0.2, 0.25) is 0 Å².